The Morgan fingerprint density at radius 2 is 1.87 bits per heavy atom. The number of rotatable bonds is 7. The summed E-state index contributed by atoms with van der Waals surface area (Å²) in [5, 5.41) is 15.0. The lowest BCUT2D eigenvalue weighted by Crippen LogP contribution is -2.44. The molecule has 0 saturated heterocycles. The monoisotopic (exact) mass is 321 g/mol. The Kier molecular flexibility index (Phi) is 6.59. The smallest absolute Gasteiger partial charge is 0.423 e. The number of urea groups is 1. The average Bonchev–Trinajstić information content (AvgIpc) is 2.45. The average molecular weight is 321 g/mol. The first-order valence-corrected chi connectivity index (χ1v) is 7.41. The third-order valence-electron chi connectivity index (χ3n) is 3.68. The Hall–Kier alpha value is -2.06. The van der Waals surface area contributed by atoms with Gasteiger partial charge in [-0.1, -0.05) is 26.0 Å². The molecular formula is C15H24BN3O4. The number of primary amides is 1. The fourth-order valence-electron chi connectivity index (χ4n) is 1.57. The topological polar surface area (TPSA) is 114 Å². The fraction of sp³-hybridized carbons (Fsp3) is 0.467. The maximum absolute atomic E-state index is 11.5. The van der Waals surface area contributed by atoms with E-state index in [4.69, 9.17) is 10.4 Å². The molecule has 1 aromatic carbocycles. The highest BCUT2D eigenvalue weighted by Gasteiger charge is 2.30. The molecule has 0 aliphatic heterocycles. The minimum absolute atomic E-state index is 0.235. The van der Waals surface area contributed by atoms with Crippen LogP contribution in [-0.4, -0.2) is 36.2 Å². The normalized spacial score (nSPS) is 11.2. The van der Waals surface area contributed by atoms with E-state index in [0.29, 0.717) is 11.2 Å². The van der Waals surface area contributed by atoms with E-state index >= 15 is 0 Å². The molecule has 0 bridgehead atoms. The molecule has 0 fully saturated rings. The number of nitrogens with two attached hydrogens (primary N) is 1. The van der Waals surface area contributed by atoms with Gasteiger partial charge in [0.2, 0.25) is 5.91 Å². The van der Waals surface area contributed by atoms with Crippen molar-refractivity contribution >= 4 is 30.2 Å². The van der Waals surface area contributed by atoms with E-state index in [2.05, 4.69) is 10.6 Å². The van der Waals surface area contributed by atoms with Crippen LogP contribution in [0.1, 0.15) is 27.7 Å². The van der Waals surface area contributed by atoms with Gasteiger partial charge in [-0.2, -0.15) is 0 Å². The number of carbonyl (C=O) groups is 2. The van der Waals surface area contributed by atoms with Crippen LogP contribution in [0.2, 0.25) is 0 Å². The SMILES string of the molecule is CC(C)C(C)(C)OB(O)c1ccc(NC(=O)NCC(N)=O)cc1. The zero-order valence-electron chi connectivity index (χ0n) is 13.9. The Morgan fingerprint density at radius 3 is 2.35 bits per heavy atom. The van der Waals surface area contributed by atoms with Crippen LogP contribution >= 0.6 is 0 Å². The summed E-state index contributed by atoms with van der Waals surface area (Å²) >= 11 is 0. The predicted octanol–water partition coefficient (Wildman–Crippen LogP) is 0.432. The first-order chi connectivity index (χ1) is 10.6. The van der Waals surface area contributed by atoms with Crippen LogP contribution in [0.15, 0.2) is 24.3 Å². The molecule has 0 spiro atoms. The largest absolute Gasteiger partial charge is 0.491 e. The van der Waals surface area contributed by atoms with E-state index in [9.17, 15) is 14.6 Å². The van der Waals surface area contributed by atoms with E-state index in [1.54, 1.807) is 24.3 Å². The van der Waals surface area contributed by atoms with Gasteiger partial charge in [-0.25, -0.2) is 4.79 Å². The molecule has 8 heteroatoms. The zero-order valence-corrected chi connectivity index (χ0v) is 13.9. The van der Waals surface area contributed by atoms with Crippen LogP contribution < -0.4 is 21.8 Å². The number of carbonyl (C=O) groups excluding carboxylic acids is 2. The van der Waals surface area contributed by atoms with Crippen LogP contribution in [0.4, 0.5) is 10.5 Å². The molecule has 126 valence electrons. The van der Waals surface area contributed by atoms with Crippen LogP contribution in [0.25, 0.3) is 0 Å². The van der Waals surface area contributed by atoms with Gasteiger partial charge < -0.3 is 26.0 Å². The molecule has 5 N–H and O–H groups in total. The molecule has 7 nitrogen and oxygen atoms in total. The van der Waals surface area contributed by atoms with Crippen LogP contribution in [0.3, 0.4) is 0 Å². The second-order valence-corrected chi connectivity index (χ2v) is 6.12. The first-order valence-electron chi connectivity index (χ1n) is 7.41. The molecule has 23 heavy (non-hydrogen) atoms. The van der Waals surface area contributed by atoms with E-state index in [-0.39, 0.29) is 12.5 Å². The van der Waals surface area contributed by atoms with Gasteiger partial charge in [-0.3, -0.25) is 4.79 Å². The summed E-state index contributed by atoms with van der Waals surface area (Å²) in [4.78, 5) is 22.1. The molecule has 0 saturated carbocycles. The third kappa shape index (κ3) is 6.29. The molecule has 0 aromatic heterocycles. The quantitative estimate of drug-likeness (QED) is 0.545. The molecule has 0 aliphatic rings. The summed E-state index contributed by atoms with van der Waals surface area (Å²) in [6, 6.07) is 6.05. The van der Waals surface area contributed by atoms with E-state index in [1.165, 1.54) is 0 Å². The van der Waals surface area contributed by atoms with Crippen molar-refractivity contribution in [3.05, 3.63) is 24.3 Å². The third-order valence-corrected chi connectivity index (χ3v) is 3.68. The Bertz CT molecular complexity index is 546. The number of hydrogen-bond donors (Lipinski definition) is 4. The van der Waals surface area contributed by atoms with Gasteiger partial charge in [-0.05, 0) is 37.4 Å². The number of amides is 3. The maximum atomic E-state index is 11.5. The second-order valence-electron chi connectivity index (χ2n) is 6.12. The van der Waals surface area contributed by atoms with Gasteiger partial charge in [0, 0.05) is 5.69 Å². The van der Waals surface area contributed by atoms with Gasteiger partial charge >= 0.3 is 13.1 Å². The van der Waals surface area contributed by atoms with Crippen molar-refractivity contribution in [2.75, 3.05) is 11.9 Å². The van der Waals surface area contributed by atoms with Crippen molar-refractivity contribution in [3.63, 3.8) is 0 Å². The summed E-state index contributed by atoms with van der Waals surface area (Å²) in [7, 11) is -1.05. The minimum Gasteiger partial charge on any atom is -0.423 e. The number of anilines is 1. The van der Waals surface area contributed by atoms with Crippen molar-refractivity contribution < 1.29 is 19.3 Å². The van der Waals surface area contributed by atoms with Crippen molar-refractivity contribution in [3.8, 4) is 0 Å². The molecule has 0 unspecified atom stereocenters. The lowest BCUT2D eigenvalue weighted by molar-refractivity contribution is -0.117. The molecular weight excluding hydrogens is 297 g/mol. The minimum atomic E-state index is -1.05. The molecule has 1 aromatic rings. The Balaban J connectivity index is 2.62. The maximum Gasteiger partial charge on any atom is 0.491 e. The van der Waals surface area contributed by atoms with E-state index in [1.807, 2.05) is 27.7 Å². The van der Waals surface area contributed by atoms with Gasteiger partial charge in [0.25, 0.3) is 0 Å². The lowest BCUT2D eigenvalue weighted by Gasteiger charge is -2.31. The summed E-state index contributed by atoms with van der Waals surface area (Å²) in [6.07, 6.45) is 0. The molecule has 3 amide bonds. The number of nitrogens with one attached hydrogen (secondary N) is 2. The summed E-state index contributed by atoms with van der Waals surface area (Å²) in [5.74, 6) is -0.379. The molecule has 0 heterocycles. The lowest BCUT2D eigenvalue weighted by atomic mass is 9.77. The highest BCUT2D eigenvalue weighted by molar-refractivity contribution is 6.60. The van der Waals surface area contributed by atoms with Crippen molar-refractivity contribution in [2.45, 2.75) is 33.3 Å². The summed E-state index contributed by atoms with van der Waals surface area (Å²) in [6.45, 7) is 7.63. The first kappa shape index (κ1) is 19.0. The zero-order chi connectivity index (χ0) is 17.6. The van der Waals surface area contributed by atoms with Crippen LogP contribution in [0.5, 0.6) is 0 Å². The van der Waals surface area contributed by atoms with Gasteiger partial charge in [0.1, 0.15) is 0 Å². The standard InChI is InChI=1S/C15H24BN3O4/c1-10(2)15(3,4)23-16(22)11-5-7-12(8-6-11)19-14(21)18-9-13(17)20/h5-8,10,22H,9H2,1-4H3,(H2,17,20)(H2,18,19,21). The summed E-state index contributed by atoms with van der Waals surface area (Å²) < 4.78 is 5.68. The molecule has 0 radical (unpaired) electrons. The van der Waals surface area contributed by atoms with Gasteiger partial charge in [0.15, 0.2) is 0 Å². The van der Waals surface area contributed by atoms with Crippen molar-refractivity contribution in [1.82, 2.24) is 5.32 Å². The van der Waals surface area contributed by atoms with E-state index < -0.39 is 24.7 Å². The Morgan fingerprint density at radius 1 is 1.30 bits per heavy atom. The van der Waals surface area contributed by atoms with Gasteiger partial charge in [0.05, 0.1) is 12.1 Å². The van der Waals surface area contributed by atoms with Gasteiger partial charge in [-0.15, -0.1) is 0 Å². The highest BCUT2D eigenvalue weighted by Crippen LogP contribution is 2.20. The van der Waals surface area contributed by atoms with Crippen molar-refractivity contribution in [1.29, 1.82) is 0 Å². The number of hydrogen-bond acceptors (Lipinski definition) is 4. The van der Waals surface area contributed by atoms with Crippen LogP contribution in [-0.2, 0) is 9.45 Å². The Labute approximate surface area is 136 Å². The molecule has 0 aliphatic carbocycles. The number of benzene rings is 1. The van der Waals surface area contributed by atoms with Crippen molar-refractivity contribution in [2.24, 2.45) is 11.7 Å². The van der Waals surface area contributed by atoms with E-state index in [0.717, 1.165) is 0 Å². The van der Waals surface area contributed by atoms with Crippen LogP contribution in [0, 0.1) is 5.92 Å². The highest BCUT2D eigenvalue weighted by atomic mass is 16.5. The predicted molar refractivity (Wildman–Crippen MR) is 90.3 cm³/mol. The fourth-order valence-corrected chi connectivity index (χ4v) is 1.57. The molecule has 0 atom stereocenters. The summed E-state index contributed by atoms with van der Waals surface area (Å²) in [5.41, 5.74) is 5.57. The second kappa shape index (κ2) is 7.98. The molecule has 1 rings (SSSR count).